The minimum atomic E-state index is -0.824. The van der Waals surface area contributed by atoms with Gasteiger partial charge in [-0.25, -0.2) is 0 Å². The molecule has 3 unspecified atom stereocenters. The molecule has 41 heavy (non-hydrogen) atoms. The lowest BCUT2D eigenvalue weighted by Gasteiger charge is -2.40. The van der Waals surface area contributed by atoms with Crippen LogP contribution in [0.1, 0.15) is 143 Å². The van der Waals surface area contributed by atoms with E-state index < -0.39 is 35.7 Å². The molecule has 7 nitrogen and oxygen atoms in total. The number of hydrogen-bond acceptors (Lipinski definition) is 3. The zero-order valence-electron chi connectivity index (χ0n) is 27.0. The zero-order chi connectivity index (χ0) is 30.9. The predicted molar refractivity (Wildman–Crippen MR) is 168 cm³/mol. The molecule has 0 aliphatic rings. The molecule has 0 radical (unpaired) electrons. The van der Waals surface area contributed by atoms with Gasteiger partial charge in [0.2, 0.25) is 0 Å². The quantitative estimate of drug-likeness (QED) is 0.0463. The number of carboxylic acid groups (broad SMARTS) is 3. The van der Waals surface area contributed by atoms with Crippen molar-refractivity contribution >= 4 is 17.9 Å². The second kappa shape index (κ2) is 24.7. The molecule has 0 aromatic carbocycles. The highest BCUT2D eigenvalue weighted by Gasteiger charge is 2.31. The first-order chi connectivity index (χ1) is 19.5. The molecule has 3 atom stereocenters. The van der Waals surface area contributed by atoms with Gasteiger partial charge < -0.3 is 19.8 Å². The molecule has 7 heteroatoms. The fourth-order valence-electron chi connectivity index (χ4n) is 5.32. The standard InChI is InChI=1S/C34H63NO6/c1-5-6-7-8-9-10-11-12-13-14-15-16-17-18-19-20-21-25-35(26-22-29(2)32(36)37,27-23-30(3)33(38)39)28-24-31(4)34(40)41/h9-10,29-31H,5-8,11-28H2,1-4H3,(H2-,36,37,38,39,40,41)/p+1/b10-9+. The largest absolute Gasteiger partial charge is 0.481 e. The number of carboxylic acids is 3. The summed E-state index contributed by atoms with van der Waals surface area (Å²) in [5.41, 5.74) is 0. The molecule has 240 valence electrons. The molecule has 0 rings (SSSR count). The van der Waals surface area contributed by atoms with E-state index in [1.807, 2.05) is 0 Å². The monoisotopic (exact) mass is 582 g/mol. The van der Waals surface area contributed by atoms with Crippen LogP contribution in [-0.2, 0) is 14.4 Å². The van der Waals surface area contributed by atoms with E-state index in [0.717, 1.165) is 19.4 Å². The summed E-state index contributed by atoms with van der Waals surface area (Å²) in [6, 6.07) is 0. The Hall–Kier alpha value is -1.89. The minimum absolute atomic E-state index is 0.478. The highest BCUT2D eigenvalue weighted by atomic mass is 16.4. The molecule has 0 spiro atoms. The van der Waals surface area contributed by atoms with E-state index >= 15 is 0 Å². The van der Waals surface area contributed by atoms with E-state index in [2.05, 4.69) is 19.1 Å². The van der Waals surface area contributed by atoms with Crippen LogP contribution in [-0.4, -0.2) is 63.9 Å². The fourth-order valence-corrected chi connectivity index (χ4v) is 5.32. The van der Waals surface area contributed by atoms with Crippen molar-refractivity contribution in [1.82, 2.24) is 0 Å². The average molecular weight is 583 g/mol. The summed E-state index contributed by atoms with van der Waals surface area (Å²) < 4.78 is 0.612. The van der Waals surface area contributed by atoms with Gasteiger partial charge in [0.15, 0.2) is 0 Å². The van der Waals surface area contributed by atoms with Crippen LogP contribution < -0.4 is 0 Å². The Labute approximate surface area is 251 Å². The van der Waals surface area contributed by atoms with Crippen molar-refractivity contribution in [3.05, 3.63) is 12.2 Å². The molecule has 0 bridgehead atoms. The summed E-state index contributed by atoms with van der Waals surface area (Å²) in [6.45, 7) is 10.1. The van der Waals surface area contributed by atoms with Crippen molar-refractivity contribution in [3.8, 4) is 0 Å². The summed E-state index contributed by atoms with van der Waals surface area (Å²) in [4.78, 5) is 34.5. The number of hydrogen-bond donors (Lipinski definition) is 3. The van der Waals surface area contributed by atoms with Crippen LogP contribution in [0.15, 0.2) is 12.2 Å². The first kappa shape index (κ1) is 39.1. The van der Waals surface area contributed by atoms with Crippen LogP contribution in [0.2, 0.25) is 0 Å². The van der Waals surface area contributed by atoms with E-state index in [1.165, 1.54) is 83.5 Å². The third kappa shape index (κ3) is 21.5. The lowest BCUT2D eigenvalue weighted by Crippen LogP contribution is -2.52. The van der Waals surface area contributed by atoms with E-state index in [0.29, 0.717) is 43.4 Å². The normalized spacial score (nSPS) is 15.4. The average Bonchev–Trinajstić information content (AvgIpc) is 2.94. The second-order valence-electron chi connectivity index (χ2n) is 12.6. The van der Waals surface area contributed by atoms with Crippen molar-refractivity contribution in [3.63, 3.8) is 0 Å². The van der Waals surface area contributed by atoms with Crippen molar-refractivity contribution in [1.29, 1.82) is 0 Å². The van der Waals surface area contributed by atoms with Gasteiger partial charge in [-0.1, -0.05) is 97.6 Å². The maximum Gasteiger partial charge on any atom is 0.306 e. The van der Waals surface area contributed by atoms with Gasteiger partial charge in [-0.15, -0.1) is 0 Å². The Morgan fingerprint density at radius 2 is 0.829 bits per heavy atom. The van der Waals surface area contributed by atoms with Crippen LogP contribution in [0.25, 0.3) is 0 Å². The Balaban J connectivity index is 4.57. The predicted octanol–water partition coefficient (Wildman–Crippen LogP) is 8.56. The van der Waals surface area contributed by atoms with Crippen LogP contribution in [0, 0.1) is 17.8 Å². The summed E-state index contributed by atoms with van der Waals surface area (Å²) in [5, 5.41) is 28.3. The van der Waals surface area contributed by atoms with Gasteiger partial charge in [0, 0.05) is 19.3 Å². The van der Waals surface area contributed by atoms with Gasteiger partial charge in [0.1, 0.15) is 0 Å². The van der Waals surface area contributed by atoms with Crippen molar-refractivity contribution in [2.24, 2.45) is 17.8 Å². The minimum Gasteiger partial charge on any atom is -0.481 e. The molecular weight excluding hydrogens is 518 g/mol. The third-order valence-corrected chi connectivity index (χ3v) is 8.77. The van der Waals surface area contributed by atoms with Gasteiger partial charge in [0.25, 0.3) is 0 Å². The molecule has 0 saturated carbocycles. The third-order valence-electron chi connectivity index (χ3n) is 8.77. The molecule has 0 amide bonds. The maximum absolute atomic E-state index is 11.5. The molecule has 0 fully saturated rings. The summed E-state index contributed by atoms with van der Waals surface area (Å²) in [5.74, 6) is -3.91. The van der Waals surface area contributed by atoms with Gasteiger partial charge in [-0.2, -0.15) is 0 Å². The van der Waals surface area contributed by atoms with Gasteiger partial charge in [-0.3, -0.25) is 14.4 Å². The van der Waals surface area contributed by atoms with E-state index in [-0.39, 0.29) is 0 Å². The van der Waals surface area contributed by atoms with E-state index in [4.69, 9.17) is 0 Å². The summed E-state index contributed by atoms with van der Waals surface area (Å²) in [6.07, 6.45) is 24.9. The number of aliphatic carboxylic acids is 3. The highest BCUT2D eigenvalue weighted by molar-refractivity contribution is 5.70. The molecule has 0 aromatic rings. The van der Waals surface area contributed by atoms with Crippen LogP contribution in [0.3, 0.4) is 0 Å². The van der Waals surface area contributed by atoms with Gasteiger partial charge in [0.05, 0.1) is 43.9 Å². The molecule has 0 saturated heterocycles. The second-order valence-corrected chi connectivity index (χ2v) is 12.6. The lowest BCUT2D eigenvalue weighted by atomic mass is 10.0. The zero-order valence-corrected chi connectivity index (χ0v) is 27.0. The van der Waals surface area contributed by atoms with E-state index in [9.17, 15) is 29.7 Å². The van der Waals surface area contributed by atoms with Crippen LogP contribution in [0.5, 0.6) is 0 Å². The van der Waals surface area contributed by atoms with Gasteiger partial charge in [-0.05, 0) is 38.5 Å². The summed E-state index contributed by atoms with van der Waals surface area (Å²) in [7, 11) is 0. The Kier molecular flexibility index (Phi) is 23.5. The molecular formula is C34H64NO6+. The molecule has 3 N–H and O–H groups in total. The SMILES string of the molecule is CCCCC/C=C/CCCCCCCCCCCC[N+](CCC(C)C(=O)O)(CCC(C)C(=O)O)CCC(C)C(=O)O. The molecule has 0 aliphatic carbocycles. The lowest BCUT2D eigenvalue weighted by molar-refractivity contribution is -0.929. The molecule has 0 heterocycles. The smallest absolute Gasteiger partial charge is 0.306 e. The maximum atomic E-state index is 11.5. The van der Waals surface area contributed by atoms with E-state index in [1.54, 1.807) is 20.8 Å². The Morgan fingerprint density at radius 3 is 1.17 bits per heavy atom. The first-order valence-electron chi connectivity index (χ1n) is 16.7. The Bertz CT molecular complexity index is 662. The van der Waals surface area contributed by atoms with Crippen molar-refractivity contribution in [2.75, 3.05) is 26.2 Å². The Morgan fingerprint density at radius 1 is 0.512 bits per heavy atom. The molecule has 0 aromatic heterocycles. The van der Waals surface area contributed by atoms with Crippen LogP contribution >= 0.6 is 0 Å². The van der Waals surface area contributed by atoms with Crippen LogP contribution in [0.4, 0.5) is 0 Å². The highest BCUT2D eigenvalue weighted by Crippen LogP contribution is 2.22. The number of unbranched alkanes of at least 4 members (excludes halogenated alkanes) is 13. The number of allylic oxidation sites excluding steroid dienone is 2. The first-order valence-corrected chi connectivity index (χ1v) is 16.7. The topological polar surface area (TPSA) is 112 Å². The number of quaternary nitrogens is 1. The molecule has 0 aliphatic heterocycles. The number of nitrogens with zero attached hydrogens (tertiary/aromatic N) is 1. The van der Waals surface area contributed by atoms with Crippen molar-refractivity contribution < 1.29 is 34.2 Å². The number of carbonyl (C=O) groups is 3. The van der Waals surface area contributed by atoms with Gasteiger partial charge >= 0.3 is 17.9 Å². The van der Waals surface area contributed by atoms with Crippen molar-refractivity contribution in [2.45, 2.75) is 143 Å². The summed E-state index contributed by atoms with van der Waals surface area (Å²) >= 11 is 0. The number of rotatable bonds is 29. The fraction of sp³-hybridized carbons (Fsp3) is 0.853.